The molecule has 0 amide bonds. The van der Waals surface area contributed by atoms with Gasteiger partial charge in [0.25, 0.3) is 0 Å². The Kier molecular flexibility index (Phi) is 17.0. The fourth-order valence-electron chi connectivity index (χ4n) is 5.43. The minimum atomic E-state index is -0.409. The summed E-state index contributed by atoms with van der Waals surface area (Å²) < 4.78 is 12.4. The second-order valence-electron chi connectivity index (χ2n) is 10.8. The van der Waals surface area contributed by atoms with Gasteiger partial charge < -0.3 is 14.0 Å². The standard InChI is InChI=1S/C34H53NO5/c1-4-7-8-9-10-11-12-15-18-25-30(36)32-28-23-20-21-24-29(28)35(33(32)34(38)40-6-3)27-22-17-14-13-16-19-26-31(37)39-5-2/h20-21,23-24H,4-19,22,25-27H2,1-3H3. The SMILES string of the molecule is CCCCCCCCCCCC(=O)c1c(C(=O)OCC)n(CCCCCCCCC(=O)OCC)c2ccccc12. The van der Waals surface area contributed by atoms with Gasteiger partial charge >= 0.3 is 11.9 Å². The molecule has 0 saturated heterocycles. The summed E-state index contributed by atoms with van der Waals surface area (Å²) in [6, 6.07) is 7.86. The van der Waals surface area contributed by atoms with Gasteiger partial charge in [-0.15, -0.1) is 0 Å². The Morgan fingerprint density at radius 2 is 1.20 bits per heavy atom. The molecule has 224 valence electrons. The van der Waals surface area contributed by atoms with E-state index < -0.39 is 5.97 Å². The molecule has 1 aromatic heterocycles. The Hall–Kier alpha value is -2.63. The molecule has 0 N–H and O–H groups in total. The Labute approximate surface area is 242 Å². The lowest BCUT2D eigenvalue weighted by Gasteiger charge is -2.11. The van der Waals surface area contributed by atoms with Crippen LogP contribution in [0.1, 0.15) is 151 Å². The van der Waals surface area contributed by atoms with Crippen LogP contribution in [0.3, 0.4) is 0 Å². The molecule has 2 rings (SSSR count). The van der Waals surface area contributed by atoms with Crippen molar-refractivity contribution >= 4 is 28.6 Å². The van der Waals surface area contributed by atoms with Gasteiger partial charge in [0.15, 0.2) is 5.78 Å². The molecule has 0 saturated carbocycles. The zero-order valence-electron chi connectivity index (χ0n) is 25.4. The molecule has 0 aliphatic carbocycles. The number of unbranched alkanes of at least 4 members (excludes halogenated alkanes) is 13. The fourth-order valence-corrected chi connectivity index (χ4v) is 5.43. The highest BCUT2D eigenvalue weighted by Crippen LogP contribution is 2.30. The second-order valence-corrected chi connectivity index (χ2v) is 10.8. The topological polar surface area (TPSA) is 74.6 Å². The van der Waals surface area contributed by atoms with Gasteiger partial charge in [-0.3, -0.25) is 9.59 Å². The van der Waals surface area contributed by atoms with Crippen LogP contribution in [0.15, 0.2) is 24.3 Å². The number of aromatic nitrogens is 1. The van der Waals surface area contributed by atoms with Crippen LogP contribution in [-0.2, 0) is 20.8 Å². The zero-order valence-corrected chi connectivity index (χ0v) is 25.4. The molecule has 1 heterocycles. The summed E-state index contributed by atoms with van der Waals surface area (Å²) in [4.78, 5) is 38.2. The van der Waals surface area contributed by atoms with Gasteiger partial charge in [0.2, 0.25) is 0 Å². The summed E-state index contributed by atoms with van der Waals surface area (Å²) in [5.74, 6) is -0.479. The van der Waals surface area contributed by atoms with Crippen molar-refractivity contribution in [1.82, 2.24) is 4.57 Å². The van der Waals surface area contributed by atoms with E-state index in [9.17, 15) is 14.4 Å². The second kappa shape index (κ2) is 20.3. The van der Waals surface area contributed by atoms with Crippen molar-refractivity contribution in [2.75, 3.05) is 13.2 Å². The Balaban J connectivity index is 1.97. The minimum Gasteiger partial charge on any atom is -0.466 e. The molecule has 0 fully saturated rings. The molecule has 1 aromatic carbocycles. The summed E-state index contributed by atoms with van der Waals surface area (Å²) in [7, 11) is 0. The Morgan fingerprint density at radius 3 is 1.82 bits per heavy atom. The van der Waals surface area contributed by atoms with Gasteiger partial charge in [0.05, 0.1) is 18.8 Å². The van der Waals surface area contributed by atoms with Gasteiger partial charge in [-0.1, -0.05) is 102 Å². The third kappa shape index (κ3) is 11.5. The Morgan fingerprint density at radius 1 is 0.650 bits per heavy atom. The van der Waals surface area contributed by atoms with Gasteiger partial charge in [-0.25, -0.2) is 4.79 Å². The number of rotatable bonds is 23. The van der Waals surface area contributed by atoms with E-state index in [1.54, 1.807) is 6.92 Å². The number of benzene rings is 1. The predicted molar refractivity (Wildman–Crippen MR) is 163 cm³/mol. The predicted octanol–water partition coefficient (Wildman–Crippen LogP) is 9.22. The third-order valence-electron chi connectivity index (χ3n) is 7.54. The average Bonchev–Trinajstić information content (AvgIpc) is 3.28. The Bertz CT molecular complexity index is 1020. The van der Waals surface area contributed by atoms with Crippen LogP contribution in [-0.4, -0.2) is 35.5 Å². The minimum absolute atomic E-state index is 0.0440. The quantitative estimate of drug-likeness (QED) is 0.0776. The van der Waals surface area contributed by atoms with E-state index in [4.69, 9.17) is 9.47 Å². The van der Waals surface area contributed by atoms with Crippen LogP contribution >= 0.6 is 0 Å². The van der Waals surface area contributed by atoms with Crippen molar-refractivity contribution < 1.29 is 23.9 Å². The molecule has 6 nitrogen and oxygen atoms in total. The number of carbonyl (C=O) groups excluding carboxylic acids is 3. The van der Waals surface area contributed by atoms with Crippen LogP contribution < -0.4 is 0 Å². The van der Waals surface area contributed by atoms with E-state index in [0.29, 0.717) is 37.3 Å². The molecule has 2 aromatic rings. The summed E-state index contributed by atoms with van der Waals surface area (Å²) in [5.41, 5.74) is 1.88. The molecular weight excluding hydrogens is 502 g/mol. The highest BCUT2D eigenvalue weighted by atomic mass is 16.5. The number of esters is 2. The zero-order chi connectivity index (χ0) is 29.0. The van der Waals surface area contributed by atoms with Gasteiger partial charge in [-0.2, -0.15) is 0 Å². The van der Waals surface area contributed by atoms with Crippen molar-refractivity contribution in [3.63, 3.8) is 0 Å². The first-order chi connectivity index (χ1) is 19.5. The number of para-hydroxylation sites is 1. The molecule has 0 aliphatic rings. The lowest BCUT2D eigenvalue weighted by atomic mass is 10.00. The van der Waals surface area contributed by atoms with E-state index in [-0.39, 0.29) is 18.4 Å². The van der Waals surface area contributed by atoms with Crippen LogP contribution in [0.5, 0.6) is 0 Å². The highest BCUT2D eigenvalue weighted by Gasteiger charge is 2.27. The molecule has 0 bridgehead atoms. The summed E-state index contributed by atoms with van der Waals surface area (Å²) >= 11 is 0. The van der Waals surface area contributed by atoms with E-state index >= 15 is 0 Å². The summed E-state index contributed by atoms with van der Waals surface area (Å²) in [6.45, 7) is 7.25. The highest BCUT2D eigenvalue weighted by molar-refractivity contribution is 6.15. The lowest BCUT2D eigenvalue weighted by molar-refractivity contribution is -0.143. The maximum Gasteiger partial charge on any atom is 0.355 e. The van der Waals surface area contributed by atoms with Crippen molar-refractivity contribution in [1.29, 1.82) is 0 Å². The summed E-state index contributed by atoms with van der Waals surface area (Å²) in [5, 5.41) is 0.852. The van der Waals surface area contributed by atoms with Gasteiger partial charge in [0, 0.05) is 30.3 Å². The number of carbonyl (C=O) groups is 3. The molecule has 6 heteroatoms. The number of fused-ring (bicyclic) bond motifs is 1. The molecular formula is C34H53NO5. The van der Waals surface area contributed by atoms with Crippen LogP contribution in [0.2, 0.25) is 0 Å². The number of Topliss-reactive ketones (excluding diaryl/α,β-unsaturated/α-hetero) is 1. The molecule has 40 heavy (non-hydrogen) atoms. The smallest absolute Gasteiger partial charge is 0.355 e. The molecule has 0 spiro atoms. The monoisotopic (exact) mass is 555 g/mol. The largest absolute Gasteiger partial charge is 0.466 e. The number of aryl methyl sites for hydroxylation is 1. The fraction of sp³-hybridized carbons (Fsp3) is 0.676. The average molecular weight is 556 g/mol. The first kappa shape index (κ1) is 33.6. The van der Waals surface area contributed by atoms with Crippen LogP contribution in [0, 0.1) is 0 Å². The number of ketones is 1. The third-order valence-corrected chi connectivity index (χ3v) is 7.54. The maximum atomic E-state index is 13.5. The number of hydrogen-bond acceptors (Lipinski definition) is 5. The molecule has 0 unspecified atom stereocenters. The van der Waals surface area contributed by atoms with E-state index in [1.807, 2.05) is 35.8 Å². The van der Waals surface area contributed by atoms with Crippen molar-refractivity contribution in [3.05, 3.63) is 35.5 Å². The van der Waals surface area contributed by atoms with Crippen molar-refractivity contribution in [2.45, 2.75) is 136 Å². The van der Waals surface area contributed by atoms with Gasteiger partial charge in [0.1, 0.15) is 5.69 Å². The maximum absolute atomic E-state index is 13.5. The first-order valence-electron chi connectivity index (χ1n) is 16.0. The van der Waals surface area contributed by atoms with E-state index in [2.05, 4.69) is 6.92 Å². The van der Waals surface area contributed by atoms with Gasteiger partial charge in [-0.05, 0) is 39.2 Å². The molecule has 0 radical (unpaired) electrons. The molecule has 0 atom stereocenters. The van der Waals surface area contributed by atoms with Crippen molar-refractivity contribution in [3.8, 4) is 0 Å². The van der Waals surface area contributed by atoms with E-state index in [1.165, 1.54) is 38.5 Å². The number of ether oxygens (including phenoxy) is 2. The summed E-state index contributed by atoms with van der Waals surface area (Å²) in [6.07, 6.45) is 17.7. The molecule has 0 aliphatic heterocycles. The number of nitrogens with zero attached hydrogens (tertiary/aromatic N) is 1. The number of hydrogen-bond donors (Lipinski definition) is 0. The lowest BCUT2D eigenvalue weighted by Crippen LogP contribution is -2.16. The van der Waals surface area contributed by atoms with E-state index in [0.717, 1.165) is 68.7 Å². The van der Waals surface area contributed by atoms with Crippen LogP contribution in [0.25, 0.3) is 10.9 Å². The normalized spacial score (nSPS) is 11.2. The first-order valence-corrected chi connectivity index (χ1v) is 16.0. The van der Waals surface area contributed by atoms with Crippen LogP contribution in [0.4, 0.5) is 0 Å². The van der Waals surface area contributed by atoms with Crippen molar-refractivity contribution in [2.24, 2.45) is 0 Å².